The largest absolute Gasteiger partial charge is 0.490 e. The van der Waals surface area contributed by atoms with Crippen LogP contribution in [0.3, 0.4) is 0 Å². The monoisotopic (exact) mass is 529 g/mol. The molecule has 0 aliphatic carbocycles. The summed E-state index contributed by atoms with van der Waals surface area (Å²) in [5, 5.41) is 7.06. The van der Waals surface area contributed by atoms with Crippen LogP contribution in [0.15, 0.2) is 65.8 Å². The van der Waals surface area contributed by atoms with Crippen LogP contribution >= 0.6 is 23.2 Å². The minimum atomic E-state index is -0.433. The first-order chi connectivity index (χ1) is 17.4. The van der Waals surface area contributed by atoms with Crippen molar-refractivity contribution in [2.45, 2.75) is 13.8 Å². The number of halogens is 2. The maximum Gasteiger partial charge on any atom is 0.271 e. The summed E-state index contributed by atoms with van der Waals surface area (Å²) in [4.78, 5) is 24.6. The summed E-state index contributed by atoms with van der Waals surface area (Å²) in [6, 6.07) is 17.0. The molecule has 0 bridgehead atoms. The molecular formula is C26H25Cl2N3O5. The highest BCUT2D eigenvalue weighted by Gasteiger charge is 2.13. The Morgan fingerprint density at radius 2 is 1.56 bits per heavy atom. The molecule has 8 nitrogen and oxygen atoms in total. The van der Waals surface area contributed by atoms with Crippen molar-refractivity contribution < 1.29 is 23.8 Å². The molecule has 3 rings (SSSR count). The summed E-state index contributed by atoms with van der Waals surface area (Å²) >= 11 is 12.6. The van der Waals surface area contributed by atoms with Crippen LogP contribution in [0.2, 0.25) is 10.0 Å². The van der Waals surface area contributed by atoms with E-state index >= 15 is 0 Å². The molecule has 188 valence electrons. The van der Waals surface area contributed by atoms with Gasteiger partial charge in [-0.3, -0.25) is 9.59 Å². The minimum Gasteiger partial charge on any atom is -0.490 e. The third kappa shape index (κ3) is 7.63. The lowest BCUT2D eigenvalue weighted by Crippen LogP contribution is -2.20. The van der Waals surface area contributed by atoms with E-state index in [1.807, 2.05) is 32.0 Å². The first-order valence-electron chi connectivity index (χ1n) is 11.1. The number of nitrogens with zero attached hydrogens (tertiary/aromatic N) is 1. The third-order valence-electron chi connectivity index (χ3n) is 4.61. The zero-order valence-electron chi connectivity index (χ0n) is 19.7. The Balaban J connectivity index is 1.60. The lowest BCUT2D eigenvalue weighted by atomic mass is 10.2. The zero-order valence-corrected chi connectivity index (χ0v) is 21.2. The summed E-state index contributed by atoms with van der Waals surface area (Å²) in [5.74, 6) is 0.409. The highest BCUT2D eigenvalue weighted by Crippen LogP contribution is 2.34. The molecular weight excluding hydrogens is 505 g/mol. The Morgan fingerprint density at radius 3 is 2.22 bits per heavy atom. The van der Waals surface area contributed by atoms with Gasteiger partial charge in [0, 0.05) is 11.3 Å². The van der Waals surface area contributed by atoms with Gasteiger partial charge in [0.25, 0.3) is 11.8 Å². The van der Waals surface area contributed by atoms with Gasteiger partial charge in [-0.2, -0.15) is 5.10 Å². The molecule has 3 aromatic rings. The van der Waals surface area contributed by atoms with Crippen LogP contribution in [-0.2, 0) is 4.79 Å². The predicted molar refractivity (Wildman–Crippen MR) is 141 cm³/mol. The quantitative estimate of drug-likeness (QED) is 0.250. The molecule has 0 aliphatic heterocycles. The highest BCUT2D eigenvalue weighted by molar-refractivity contribution is 6.37. The van der Waals surface area contributed by atoms with E-state index in [9.17, 15) is 9.59 Å². The lowest BCUT2D eigenvalue weighted by Gasteiger charge is -2.12. The summed E-state index contributed by atoms with van der Waals surface area (Å²) < 4.78 is 16.6. The number of carbonyl (C=O) groups excluding carboxylic acids is 2. The first kappa shape index (κ1) is 26.8. The summed E-state index contributed by atoms with van der Waals surface area (Å²) in [7, 11) is 0. The van der Waals surface area contributed by atoms with Crippen molar-refractivity contribution in [3.63, 3.8) is 0 Å². The standard InChI is InChI=1S/C26H25Cl2N3O5/c1-3-34-22-11-10-18(14-23(22)35-4-2)26(33)31-29-15-17-12-20(27)25(21(28)13-17)36-16-24(32)30-19-8-6-5-7-9-19/h5-15H,3-4,16H2,1-2H3,(H,30,32)(H,31,33)/b29-15+. The molecule has 36 heavy (non-hydrogen) atoms. The SMILES string of the molecule is CCOc1ccc(C(=O)N/N=C/c2cc(Cl)c(OCC(=O)Nc3ccccc3)c(Cl)c2)cc1OCC. The van der Waals surface area contributed by atoms with Crippen molar-refractivity contribution in [3.8, 4) is 17.2 Å². The van der Waals surface area contributed by atoms with Gasteiger partial charge >= 0.3 is 0 Å². The lowest BCUT2D eigenvalue weighted by molar-refractivity contribution is -0.118. The van der Waals surface area contributed by atoms with Crippen LogP contribution in [0, 0.1) is 0 Å². The second-order valence-corrected chi connectivity index (χ2v) is 8.06. The summed E-state index contributed by atoms with van der Waals surface area (Å²) in [6.07, 6.45) is 1.39. The molecule has 0 aromatic heterocycles. The fourth-order valence-corrected chi connectivity index (χ4v) is 3.68. The second-order valence-electron chi connectivity index (χ2n) is 7.24. The van der Waals surface area contributed by atoms with Crippen molar-refractivity contribution in [1.29, 1.82) is 0 Å². The molecule has 10 heteroatoms. The molecule has 0 unspecified atom stereocenters. The second kappa shape index (κ2) is 13.4. The Kier molecular flexibility index (Phi) is 9.97. The number of amides is 2. The Morgan fingerprint density at radius 1 is 0.889 bits per heavy atom. The van der Waals surface area contributed by atoms with Crippen molar-refractivity contribution in [2.24, 2.45) is 5.10 Å². The van der Waals surface area contributed by atoms with Gasteiger partial charge in [0.05, 0.1) is 29.5 Å². The maximum atomic E-state index is 12.5. The van der Waals surface area contributed by atoms with Crippen molar-refractivity contribution in [3.05, 3.63) is 81.8 Å². The average molecular weight is 530 g/mol. The molecule has 0 saturated carbocycles. The summed E-state index contributed by atoms with van der Waals surface area (Å²) in [5.41, 5.74) is 3.97. The Bertz CT molecular complexity index is 1210. The summed E-state index contributed by atoms with van der Waals surface area (Å²) in [6.45, 7) is 4.35. The van der Waals surface area contributed by atoms with Crippen molar-refractivity contribution >= 4 is 46.9 Å². The number of rotatable bonds is 11. The number of benzene rings is 3. The minimum absolute atomic E-state index is 0.167. The fourth-order valence-electron chi connectivity index (χ4n) is 3.07. The smallest absolute Gasteiger partial charge is 0.271 e. The van der Waals surface area contributed by atoms with Crippen LogP contribution in [0.25, 0.3) is 0 Å². The van der Waals surface area contributed by atoms with Crippen LogP contribution in [0.1, 0.15) is 29.8 Å². The predicted octanol–water partition coefficient (Wildman–Crippen LogP) is 5.57. The number of anilines is 1. The normalized spacial score (nSPS) is 10.7. The van der Waals surface area contributed by atoms with Gasteiger partial charge < -0.3 is 19.5 Å². The van der Waals surface area contributed by atoms with Crippen molar-refractivity contribution in [2.75, 3.05) is 25.1 Å². The van der Waals surface area contributed by atoms with E-state index in [2.05, 4.69) is 15.8 Å². The molecule has 3 aromatic carbocycles. The molecule has 0 aliphatic rings. The molecule has 0 heterocycles. The van der Waals surface area contributed by atoms with Crippen LogP contribution in [0.5, 0.6) is 17.2 Å². The van der Waals surface area contributed by atoms with Crippen LogP contribution < -0.4 is 25.0 Å². The number of carbonyl (C=O) groups is 2. The average Bonchev–Trinajstić information content (AvgIpc) is 2.85. The van der Waals surface area contributed by atoms with Crippen molar-refractivity contribution in [1.82, 2.24) is 5.43 Å². The van der Waals surface area contributed by atoms with E-state index in [4.69, 9.17) is 37.4 Å². The van der Waals surface area contributed by atoms with E-state index in [1.165, 1.54) is 6.21 Å². The van der Waals surface area contributed by atoms with E-state index < -0.39 is 5.91 Å². The van der Waals surface area contributed by atoms with Crippen LogP contribution in [0.4, 0.5) is 5.69 Å². The fraction of sp³-hybridized carbons (Fsp3) is 0.192. The maximum absolute atomic E-state index is 12.5. The topological polar surface area (TPSA) is 98.3 Å². The van der Waals surface area contributed by atoms with E-state index in [0.29, 0.717) is 41.5 Å². The molecule has 2 N–H and O–H groups in total. The molecule has 0 spiro atoms. The van der Waals surface area contributed by atoms with Crippen LogP contribution in [-0.4, -0.2) is 37.8 Å². The number of ether oxygens (including phenoxy) is 3. The van der Waals surface area contributed by atoms with Gasteiger partial charge in [-0.15, -0.1) is 0 Å². The van der Waals surface area contributed by atoms with Gasteiger partial charge in [0.15, 0.2) is 23.9 Å². The molecule has 0 atom stereocenters. The first-order valence-corrected chi connectivity index (χ1v) is 11.9. The van der Waals surface area contributed by atoms with Gasteiger partial charge in [-0.1, -0.05) is 41.4 Å². The number of nitrogens with one attached hydrogen (secondary N) is 2. The zero-order chi connectivity index (χ0) is 25.9. The van der Waals surface area contributed by atoms with Gasteiger partial charge in [-0.25, -0.2) is 5.43 Å². The van der Waals surface area contributed by atoms with Gasteiger partial charge in [-0.05, 0) is 61.9 Å². The molecule has 0 radical (unpaired) electrons. The number of hydrogen-bond acceptors (Lipinski definition) is 6. The number of para-hydroxylation sites is 1. The van der Waals surface area contributed by atoms with Gasteiger partial charge in [0.1, 0.15) is 0 Å². The third-order valence-corrected chi connectivity index (χ3v) is 5.17. The molecule has 0 fully saturated rings. The number of hydrogen-bond donors (Lipinski definition) is 2. The van der Waals surface area contributed by atoms with E-state index in [0.717, 1.165) is 0 Å². The van der Waals surface area contributed by atoms with E-state index in [-0.39, 0.29) is 28.3 Å². The Labute approximate surface area is 219 Å². The Hall–Kier alpha value is -3.75. The number of hydrazone groups is 1. The van der Waals surface area contributed by atoms with Gasteiger partial charge in [0.2, 0.25) is 0 Å². The molecule has 0 saturated heterocycles. The highest BCUT2D eigenvalue weighted by atomic mass is 35.5. The van der Waals surface area contributed by atoms with E-state index in [1.54, 1.807) is 42.5 Å². The molecule has 2 amide bonds.